The van der Waals surface area contributed by atoms with E-state index in [4.69, 9.17) is 8.92 Å². The number of aromatic nitrogens is 1. The third-order valence-corrected chi connectivity index (χ3v) is 4.77. The Hall–Kier alpha value is -2.89. The van der Waals surface area contributed by atoms with Crippen molar-refractivity contribution in [2.45, 2.75) is 25.9 Å². The Morgan fingerprint density at radius 2 is 2.00 bits per heavy atom. The van der Waals surface area contributed by atoms with Gasteiger partial charge in [-0.15, -0.1) is 0 Å². The molecule has 7 nitrogen and oxygen atoms in total. The Balaban J connectivity index is 1.98. The van der Waals surface area contributed by atoms with E-state index in [0.717, 1.165) is 6.26 Å². The number of pyridine rings is 1. The van der Waals surface area contributed by atoms with Crippen molar-refractivity contribution in [2.75, 3.05) is 12.9 Å². The maximum absolute atomic E-state index is 12.7. The van der Waals surface area contributed by atoms with Gasteiger partial charge in [0.25, 0.3) is 15.7 Å². The molecular weight excluding hydrogens is 380 g/mol. The second kappa shape index (κ2) is 7.26. The predicted molar refractivity (Wildman–Crippen MR) is 104 cm³/mol. The maximum Gasteiger partial charge on any atom is 0.264 e. The molecule has 1 aromatic heterocycles. The largest absolute Gasteiger partial charge is 0.483 e. The summed E-state index contributed by atoms with van der Waals surface area (Å²) in [6, 6.07) is 10.4. The van der Waals surface area contributed by atoms with Crippen molar-refractivity contribution in [3.63, 3.8) is 0 Å². The molecule has 0 saturated carbocycles. The Morgan fingerprint density at radius 1 is 1.25 bits per heavy atom. The molecule has 0 bridgehead atoms. The van der Waals surface area contributed by atoms with E-state index < -0.39 is 15.7 Å². The summed E-state index contributed by atoms with van der Waals surface area (Å²) in [5, 5.41) is 9.20. The second-order valence-electron chi connectivity index (χ2n) is 7.08. The van der Waals surface area contributed by atoms with Crippen molar-refractivity contribution in [1.29, 1.82) is 5.26 Å². The summed E-state index contributed by atoms with van der Waals surface area (Å²) in [6.07, 6.45) is 4.75. The molecule has 146 valence electrons. The highest BCUT2D eigenvalue weighted by molar-refractivity contribution is 7.85. The Morgan fingerprint density at radius 3 is 2.64 bits per heavy atom. The summed E-state index contributed by atoms with van der Waals surface area (Å²) >= 11 is 0. The van der Waals surface area contributed by atoms with Crippen LogP contribution in [0.15, 0.2) is 47.4 Å². The van der Waals surface area contributed by atoms with Gasteiger partial charge in [0.2, 0.25) is 0 Å². The Labute approximate surface area is 163 Å². The molecule has 28 heavy (non-hydrogen) atoms. The SMILES string of the molecule is CC1(C)C=C(n2ccc(CCOS(C)(=O)=O)cc2=O)c2cc(C#N)ccc2O1. The molecule has 8 heteroatoms. The van der Waals surface area contributed by atoms with Crippen molar-refractivity contribution >= 4 is 15.8 Å². The molecular formula is C20H20N2O5S. The number of hydrogen-bond donors (Lipinski definition) is 0. The lowest BCUT2D eigenvalue weighted by molar-refractivity contribution is 0.157. The molecule has 0 saturated heterocycles. The van der Waals surface area contributed by atoms with Crippen LogP contribution in [0.25, 0.3) is 5.70 Å². The topological polar surface area (TPSA) is 98.4 Å². The predicted octanol–water partition coefficient (Wildman–Crippen LogP) is 2.30. The molecule has 0 unspecified atom stereocenters. The van der Waals surface area contributed by atoms with E-state index in [1.165, 1.54) is 10.6 Å². The number of fused-ring (bicyclic) bond motifs is 1. The summed E-state index contributed by atoms with van der Waals surface area (Å²) in [6.45, 7) is 3.74. The molecule has 1 aliphatic rings. The van der Waals surface area contributed by atoms with Crippen LogP contribution in [0.5, 0.6) is 5.75 Å². The molecule has 2 aromatic rings. The van der Waals surface area contributed by atoms with E-state index in [0.29, 0.717) is 34.6 Å². The van der Waals surface area contributed by atoms with E-state index in [1.54, 1.807) is 30.5 Å². The van der Waals surface area contributed by atoms with Crippen LogP contribution in [0.4, 0.5) is 0 Å². The van der Waals surface area contributed by atoms with Gasteiger partial charge in [-0.1, -0.05) is 0 Å². The molecule has 2 heterocycles. The lowest BCUT2D eigenvalue weighted by atomic mass is 9.97. The first-order chi connectivity index (χ1) is 13.1. The lowest BCUT2D eigenvalue weighted by Crippen LogP contribution is -2.32. The first-order valence-corrected chi connectivity index (χ1v) is 10.4. The average molecular weight is 400 g/mol. The van der Waals surface area contributed by atoms with Gasteiger partial charge in [-0.3, -0.25) is 13.5 Å². The molecule has 0 spiro atoms. The highest BCUT2D eigenvalue weighted by Crippen LogP contribution is 2.36. The summed E-state index contributed by atoms with van der Waals surface area (Å²) < 4.78 is 34.3. The van der Waals surface area contributed by atoms with Crippen LogP contribution in [0.2, 0.25) is 0 Å². The van der Waals surface area contributed by atoms with Crippen molar-refractivity contribution in [3.8, 4) is 11.8 Å². The van der Waals surface area contributed by atoms with Gasteiger partial charge in [-0.25, -0.2) is 0 Å². The van der Waals surface area contributed by atoms with Crippen molar-refractivity contribution in [3.05, 3.63) is 69.6 Å². The molecule has 0 N–H and O–H groups in total. The second-order valence-corrected chi connectivity index (χ2v) is 8.72. The Kier molecular flexibility index (Phi) is 5.15. The summed E-state index contributed by atoms with van der Waals surface area (Å²) in [7, 11) is -3.52. The van der Waals surface area contributed by atoms with E-state index in [2.05, 4.69) is 6.07 Å². The lowest BCUT2D eigenvalue weighted by Gasteiger charge is -2.31. The summed E-state index contributed by atoms with van der Waals surface area (Å²) in [5.74, 6) is 0.596. The van der Waals surface area contributed by atoms with Crippen molar-refractivity contribution in [2.24, 2.45) is 0 Å². The molecule has 0 fully saturated rings. The number of hydrogen-bond acceptors (Lipinski definition) is 6. The van der Waals surface area contributed by atoms with Gasteiger partial charge in [0.1, 0.15) is 11.4 Å². The normalized spacial score (nSPS) is 15.1. The monoisotopic (exact) mass is 400 g/mol. The maximum atomic E-state index is 12.7. The van der Waals surface area contributed by atoms with Crippen LogP contribution in [-0.4, -0.2) is 31.4 Å². The third kappa shape index (κ3) is 4.50. The first-order valence-electron chi connectivity index (χ1n) is 8.61. The average Bonchev–Trinajstić information content (AvgIpc) is 2.59. The minimum absolute atomic E-state index is 0.0276. The smallest absolute Gasteiger partial charge is 0.264 e. The van der Waals surface area contributed by atoms with Gasteiger partial charge < -0.3 is 4.74 Å². The van der Waals surface area contributed by atoms with Crippen LogP contribution in [0.3, 0.4) is 0 Å². The quantitative estimate of drug-likeness (QED) is 0.714. The van der Waals surface area contributed by atoms with Gasteiger partial charge in [-0.2, -0.15) is 13.7 Å². The summed E-state index contributed by atoms with van der Waals surface area (Å²) in [5.41, 5.74) is 1.53. The van der Waals surface area contributed by atoms with Crippen LogP contribution >= 0.6 is 0 Å². The van der Waals surface area contributed by atoms with Gasteiger partial charge in [0, 0.05) is 17.8 Å². The zero-order chi connectivity index (χ0) is 20.5. The van der Waals surface area contributed by atoms with Gasteiger partial charge in [0.05, 0.1) is 30.2 Å². The zero-order valence-corrected chi connectivity index (χ0v) is 16.6. The molecule has 3 rings (SSSR count). The van der Waals surface area contributed by atoms with Crippen molar-refractivity contribution in [1.82, 2.24) is 4.57 Å². The molecule has 1 aliphatic heterocycles. The van der Waals surface area contributed by atoms with Gasteiger partial charge in [0.15, 0.2) is 0 Å². The molecule has 0 atom stereocenters. The standard InChI is InChI=1S/C20H20N2O5S/c1-20(2)12-17(16-10-15(13-21)4-5-18(16)27-20)22-8-6-14(11-19(22)23)7-9-26-28(3,24)25/h4-6,8,10-12H,7,9H2,1-3H3. The fraction of sp³-hybridized carbons (Fsp3) is 0.300. The van der Waals surface area contributed by atoms with E-state index >= 15 is 0 Å². The number of nitrogens with zero attached hydrogens (tertiary/aromatic N) is 2. The third-order valence-electron chi connectivity index (χ3n) is 4.17. The number of benzene rings is 1. The molecule has 0 aliphatic carbocycles. The highest BCUT2D eigenvalue weighted by atomic mass is 32.2. The first kappa shape index (κ1) is 19.9. The fourth-order valence-electron chi connectivity index (χ4n) is 2.99. The minimum Gasteiger partial charge on any atom is -0.483 e. The number of ether oxygens (including phenoxy) is 1. The minimum atomic E-state index is -3.52. The van der Waals surface area contributed by atoms with Gasteiger partial charge in [-0.05, 0) is 56.2 Å². The van der Waals surface area contributed by atoms with Crippen molar-refractivity contribution < 1.29 is 17.3 Å². The van der Waals surface area contributed by atoms with Crippen LogP contribution < -0.4 is 10.3 Å². The van der Waals surface area contributed by atoms with E-state index in [9.17, 15) is 18.5 Å². The van der Waals surface area contributed by atoms with Crippen LogP contribution in [-0.2, 0) is 20.7 Å². The van der Waals surface area contributed by atoms with Crippen LogP contribution in [0.1, 0.15) is 30.5 Å². The molecule has 0 radical (unpaired) electrons. The van der Waals surface area contributed by atoms with Gasteiger partial charge >= 0.3 is 0 Å². The number of nitriles is 1. The van der Waals surface area contributed by atoms with E-state index in [1.807, 2.05) is 19.9 Å². The number of rotatable bonds is 5. The van der Waals surface area contributed by atoms with Crippen LogP contribution in [0, 0.1) is 11.3 Å². The molecule has 0 amide bonds. The highest BCUT2D eigenvalue weighted by Gasteiger charge is 2.28. The Bertz CT molecular complexity index is 1150. The van der Waals surface area contributed by atoms with E-state index in [-0.39, 0.29) is 12.2 Å². The molecule has 1 aromatic carbocycles. The fourth-order valence-corrected chi connectivity index (χ4v) is 3.38. The summed E-state index contributed by atoms with van der Waals surface area (Å²) in [4.78, 5) is 12.7. The zero-order valence-electron chi connectivity index (χ0n) is 15.8.